The van der Waals surface area contributed by atoms with Gasteiger partial charge in [0.25, 0.3) is 5.91 Å². The lowest BCUT2D eigenvalue weighted by atomic mass is 9.96. The average Bonchev–Trinajstić information content (AvgIpc) is 3.29. The second kappa shape index (κ2) is 9.62. The van der Waals surface area contributed by atoms with Crippen LogP contribution in [0.1, 0.15) is 55.1 Å². The van der Waals surface area contributed by atoms with Crippen molar-refractivity contribution in [1.82, 2.24) is 9.62 Å². The molecule has 162 valence electrons. The molecule has 1 heterocycles. The molecule has 30 heavy (non-hydrogen) atoms. The number of benzene rings is 2. The van der Waals surface area contributed by atoms with Crippen molar-refractivity contribution >= 4 is 15.9 Å². The van der Waals surface area contributed by atoms with Crippen LogP contribution in [-0.2, 0) is 10.0 Å². The number of ether oxygens (including phenoxy) is 1. The van der Waals surface area contributed by atoms with Crippen LogP contribution in [0.15, 0.2) is 53.4 Å². The molecule has 1 atom stereocenters. The van der Waals surface area contributed by atoms with Crippen molar-refractivity contribution in [3.8, 4) is 5.75 Å². The molecule has 1 saturated heterocycles. The van der Waals surface area contributed by atoms with Crippen molar-refractivity contribution in [2.75, 3.05) is 20.2 Å². The predicted octanol–water partition coefficient (Wildman–Crippen LogP) is 4.00. The van der Waals surface area contributed by atoms with Gasteiger partial charge in [0, 0.05) is 18.7 Å². The molecule has 1 N–H and O–H groups in total. The summed E-state index contributed by atoms with van der Waals surface area (Å²) >= 11 is 0. The van der Waals surface area contributed by atoms with Crippen molar-refractivity contribution in [3.63, 3.8) is 0 Å². The molecule has 2 aromatic rings. The predicted molar refractivity (Wildman–Crippen MR) is 117 cm³/mol. The van der Waals surface area contributed by atoms with Crippen molar-refractivity contribution < 1.29 is 17.9 Å². The molecule has 6 nitrogen and oxygen atoms in total. The maximum atomic E-state index is 13.0. The summed E-state index contributed by atoms with van der Waals surface area (Å²) in [6, 6.07) is 13.8. The van der Waals surface area contributed by atoms with Crippen LogP contribution in [-0.4, -0.2) is 38.8 Å². The first-order valence-corrected chi connectivity index (χ1v) is 11.8. The Morgan fingerprint density at radius 1 is 1.10 bits per heavy atom. The van der Waals surface area contributed by atoms with Gasteiger partial charge in [-0.15, -0.1) is 0 Å². The SMILES string of the molecule is COc1ccc(C(CC(C)C)NC(=O)c2cccc(S(=O)(=O)N3CCCC3)c2)cc1. The molecule has 3 rings (SSSR count). The second-order valence-electron chi connectivity index (χ2n) is 8.07. The zero-order valence-electron chi connectivity index (χ0n) is 17.8. The van der Waals surface area contributed by atoms with Crippen molar-refractivity contribution in [1.29, 1.82) is 0 Å². The van der Waals surface area contributed by atoms with Crippen LogP contribution >= 0.6 is 0 Å². The first-order chi connectivity index (χ1) is 14.3. The number of hydrogen-bond acceptors (Lipinski definition) is 4. The number of carbonyl (C=O) groups is 1. The number of methoxy groups -OCH3 is 1. The third kappa shape index (κ3) is 5.21. The third-order valence-electron chi connectivity index (χ3n) is 5.33. The molecule has 0 aromatic heterocycles. The van der Waals surface area contributed by atoms with Gasteiger partial charge in [-0.2, -0.15) is 4.31 Å². The van der Waals surface area contributed by atoms with E-state index in [1.165, 1.54) is 10.4 Å². The van der Waals surface area contributed by atoms with Crippen molar-refractivity contribution in [2.45, 2.75) is 44.0 Å². The fourth-order valence-electron chi connectivity index (χ4n) is 3.70. The van der Waals surface area contributed by atoms with Crippen LogP contribution in [0.5, 0.6) is 5.75 Å². The highest BCUT2D eigenvalue weighted by molar-refractivity contribution is 7.89. The normalized spacial score (nSPS) is 15.9. The summed E-state index contributed by atoms with van der Waals surface area (Å²) in [6.45, 7) is 5.28. The Labute approximate surface area is 179 Å². The quantitative estimate of drug-likeness (QED) is 0.687. The van der Waals surface area contributed by atoms with E-state index in [0.717, 1.165) is 30.6 Å². The van der Waals surface area contributed by atoms with Gasteiger partial charge in [0.2, 0.25) is 10.0 Å². The zero-order valence-corrected chi connectivity index (χ0v) is 18.6. The highest BCUT2D eigenvalue weighted by Gasteiger charge is 2.28. The van der Waals surface area contributed by atoms with E-state index in [-0.39, 0.29) is 16.8 Å². The van der Waals surface area contributed by atoms with E-state index in [0.29, 0.717) is 24.6 Å². The van der Waals surface area contributed by atoms with Crippen LogP contribution in [0.2, 0.25) is 0 Å². The monoisotopic (exact) mass is 430 g/mol. The average molecular weight is 431 g/mol. The Morgan fingerprint density at radius 3 is 2.37 bits per heavy atom. The molecule has 1 aliphatic rings. The Balaban J connectivity index is 1.81. The minimum Gasteiger partial charge on any atom is -0.497 e. The first kappa shape index (κ1) is 22.3. The van der Waals surface area contributed by atoms with E-state index in [1.807, 2.05) is 24.3 Å². The summed E-state index contributed by atoms with van der Waals surface area (Å²) < 4.78 is 32.4. The molecular weight excluding hydrogens is 400 g/mol. The van der Waals surface area contributed by atoms with Gasteiger partial charge in [0.15, 0.2) is 0 Å². The van der Waals surface area contributed by atoms with Crippen LogP contribution in [0.3, 0.4) is 0 Å². The largest absolute Gasteiger partial charge is 0.497 e. The Hall–Kier alpha value is -2.38. The van der Waals surface area contributed by atoms with Crippen molar-refractivity contribution in [2.24, 2.45) is 5.92 Å². The van der Waals surface area contributed by atoms with E-state index < -0.39 is 10.0 Å². The molecule has 1 amide bonds. The van der Waals surface area contributed by atoms with Crippen molar-refractivity contribution in [3.05, 3.63) is 59.7 Å². The van der Waals surface area contributed by atoms with E-state index in [1.54, 1.807) is 25.3 Å². The van der Waals surface area contributed by atoms with E-state index >= 15 is 0 Å². The van der Waals surface area contributed by atoms with Gasteiger partial charge in [-0.25, -0.2) is 8.42 Å². The lowest BCUT2D eigenvalue weighted by molar-refractivity contribution is 0.0931. The topological polar surface area (TPSA) is 75.7 Å². The molecule has 0 radical (unpaired) electrons. The minimum absolute atomic E-state index is 0.168. The van der Waals surface area contributed by atoms with Crippen LogP contribution < -0.4 is 10.1 Å². The summed E-state index contributed by atoms with van der Waals surface area (Å²) in [5, 5.41) is 3.08. The number of amides is 1. The molecule has 1 unspecified atom stereocenters. The third-order valence-corrected chi connectivity index (χ3v) is 7.22. The summed E-state index contributed by atoms with van der Waals surface area (Å²) in [5.41, 5.74) is 1.33. The molecule has 1 aliphatic heterocycles. The Kier molecular flexibility index (Phi) is 7.15. The molecule has 1 fully saturated rings. The number of nitrogens with one attached hydrogen (secondary N) is 1. The standard InChI is InChI=1S/C23H30N2O4S/c1-17(2)15-22(18-9-11-20(29-3)12-10-18)24-23(26)19-7-6-8-21(16-19)30(27,28)25-13-4-5-14-25/h6-12,16-17,22H,4-5,13-15H2,1-3H3,(H,24,26). The lowest BCUT2D eigenvalue weighted by Gasteiger charge is -2.22. The molecule has 0 spiro atoms. The second-order valence-corrected chi connectivity index (χ2v) is 10.0. The number of sulfonamides is 1. The molecule has 0 aliphatic carbocycles. The Bertz CT molecular complexity index is 965. The fourth-order valence-corrected chi connectivity index (χ4v) is 5.27. The highest BCUT2D eigenvalue weighted by atomic mass is 32.2. The summed E-state index contributed by atoms with van der Waals surface area (Å²) in [4.78, 5) is 13.2. The van der Waals surface area contributed by atoms with Crippen LogP contribution in [0, 0.1) is 5.92 Å². The number of rotatable bonds is 8. The maximum Gasteiger partial charge on any atom is 0.251 e. The lowest BCUT2D eigenvalue weighted by Crippen LogP contribution is -2.30. The molecule has 2 aromatic carbocycles. The summed E-state index contributed by atoms with van der Waals surface area (Å²) in [5.74, 6) is 0.849. The molecule has 7 heteroatoms. The Morgan fingerprint density at radius 2 is 1.77 bits per heavy atom. The van der Waals surface area contributed by atoms with Crippen LogP contribution in [0.4, 0.5) is 0 Å². The summed E-state index contributed by atoms with van der Waals surface area (Å²) in [7, 11) is -1.95. The minimum atomic E-state index is -3.56. The highest BCUT2D eigenvalue weighted by Crippen LogP contribution is 2.25. The van der Waals surface area contributed by atoms with Gasteiger partial charge in [0.05, 0.1) is 18.0 Å². The smallest absolute Gasteiger partial charge is 0.251 e. The van der Waals surface area contributed by atoms with Gasteiger partial charge in [0.1, 0.15) is 5.75 Å². The van der Waals surface area contributed by atoms with E-state index in [9.17, 15) is 13.2 Å². The van der Waals surface area contributed by atoms with E-state index in [2.05, 4.69) is 19.2 Å². The van der Waals surface area contributed by atoms with Gasteiger partial charge >= 0.3 is 0 Å². The van der Waals surface area contributed by atoms with Gasteiger partial charge < -0.3 is 10.1 Å². The number of carbonyl (C=O) groups excluding carboxylic acids is 1. The first-order valence-electron chi connectivity index (χ1n) is 10.4. The summed E-state index contributed by atoms with van der Waals surface area (Å²) in [6.07, 6.45) is 2.51. The molecule has 0 bridgehead atoms. The maximum absolute atomic E-state index is 13.0. The van der Waals surface area contributed by atoms with Crippen LogP contribution in [0.25, 0.3) is 0 Å². The molecule has 0 saturated carbocycles. The number of nitrogens with zero attached hydrogens (tertiary/aromatic N) is 1. The van der Waals surface area contributed by atoms with Gasteiger partial charge in [-0.05, 0) is 61.1 Å². The van der Waals surface area contributed by atoms with Gasteiger partial charge in [-0.1, -0.05) is 32.0 Å². The zero-order chi connectivity index (χ0) is 21.7. The van der Waals surface area contributed by atoms with Gasteiger partial charge in [-0.3, -0.25) is 4.79 Å². The number of hydrogen-bond donors (Lipinski definition) is 1. The van der Waals surface area contributed by atoms with E-state index in [4.69, 9.17) is 4.74 Å². The molecular formula is C23H30N2O4S. The fraction of sp³-hybridized carbons (Fsp3) is 0.435.